The van der Waals surface area contributed by atoms with E-state index >= 15 is 0 Å². The molecule has 5 nitrogen and oxygen atoms in total. The zero-order chi connectivity index (χ0) is 25.3. The molecule has 0 aromatic carbocycles. The Balaban J connectivity index is 1.33. The molecule has 0 amide bonds. The molecule has 37 heavy (non-hydrogen) atoms. The first-order valence-corrected chi connectivity index (χ1v) is 13.9. The lowest BCUT2D eigenvalue weighted by molar-refractivity contribution is 0.133. The van der Waals surface area contributed by atoms with Gasteiger partial charge in [-0.15, -0.1) is 0 Å². The van der Waals surface area contributed by atoms with E-state index in [9.17, 15) is 0 Å². The second-order valence-electron chi connectivity index (χ2n) is 10.00. The minimum absolute atomic E-state index is 0.694. The molecule has 0 fully saturated rings. The minimum atomic E-state index is 0.694. The predicted octanol–water partition coefficient (Wildman–Crippen LogP) is 8.36. The van der Waals surface area contributed by atoms with Gasteiger partial charge in [0, 0.05) is 34.2 Å². The highest BCUT2D eigenvalue weighted by atomic mass is 16.5. The Morgan fingerprint density at radius 3 is 2.11 bits per heavy atom. The van der Waals surface area contributed by atoms with Gasteiger partial charge in [-0.2, -0.15) is 0 Å². The van der Waals surface area contributed by atoms with Gasteiger partial charge >= 0.3 is 0 Å². The Morgan fingerprint density at radius 1 is 0.622 bits per heavy atom. The Morgan fingerprint density at radius 2 is 1.27 bits per heavy atom. The van der Waals surface area contributed by atoms with Crippen LogP contribution in [0.4, 0.5) is 0 Å². The molecule has 5 heterocycles. The maximum Gasteiger partial charge on any atom is 0.0691 e. The van der Waals surface area contributed by atoms with Crippen molar-refractivity contribution in [1.82, 2.24) is 19.9 Å². The van der Waals surface area contributed by atoms with Crippen LogP contribution < -0.4 is 0 Å². The van der Waals surface area contributed by atoms with Crippen LogP contribution in [0.15, 0.2) is 42.5 Å². The molecule has 5 heteroatoms. The number of H-pyrrole nitrogens is 2. The van der Waals surface area contributed by atoms with Crippen molar-refractivity contribution in [2.75, 3.05) is 13.2 Å². The molecule has 2 aliphatic heterocycles. The first-order valence-electron chi connectivity index (χ1n) is 13.9. The van der Waals surface area contributed by atoms with Crippen LogP contribution in [-0.4, -0.2) is 33.1 Å². The third-order valence-electron chi connectivity index (χ3n) is 6.97. The van der Waals surface area contributed by atoms with Crippen LogP contribution in [0, 0.1) is 0 Å². The zero-order valence-electron chi connectivity index (χ0n) is 21.9. The Bertz CT molecular complexity index is 1410. The van der Waals surface area contributed by atoms with Crippen LogP contribution in [0.1, 0.15) is 86.6 Å². The average molecular weight is 495 g/mol. The Hall–Kier alpha value is -3.44. The second-order valence-corrected chi connectivity index (χ2v) is 10.00. The molecular formula is C32H38N4O. The third kappa shape index (κ3) is 7.07. The van der Waals surface area contributed by atoms with E-state index in [1.807, 2.05) is 18.2 Å². The van der Waals surface area contributed by atoms with E-state index < -0.39 is 0 Å². The first kappa shape index (κ1) is 25.2. The second kappa shape index (κ2) is 12.7. The maximum absolute atomic E-state index is 6.06. The van der Waals surface area contributed by atoms with Crippen LogP contribution in [0.2, 0.25) is 0 Å². The molecule has 192 valence electrons. The van der Waals surface area contributed by atoms with Gasteiger partial charge in [0.15, 0.2) is 0 Å². The van der Waals surface area contributed by atoms with Gasteiger partial charge in [0.1, 0.15) is 0 Å². The summed E-state index contributed by atoms with van der Waals surface area (Å²) in [6.07, 6.45) is 19.6. The lowest BCUT2D eigenvalue weighted by atomic mass is 10.1. The van der Waals surface area contributed by atoms with Gasteiger partial charge < -0.3 is 14.7 Å². The number of fused-ring (bicyclic) bond motifs is 8. The highest BCUT2D eigenvalue weighted by Gasteiger charge is 2.09. The molecule has 0 saturated heterocycles. The average Bonchev–Trinajstić information content (AvgIpc) is 3.70. The lowest BCUT2D eigenvalue weighted by Gasteiger charge is -2.06. The van der Waals surface area contributed by atoms with Gasteiger partial charge in [-0.05, 0) is 79.6 Å². The van der Waals surface area contributed by atoms with Gasteiger partial charge in [0.25, 0.3) is 0 Å². The van der Waals surface area contributed by atoms with Crippen molar-refractivity contribution in [2.45, 2.75) is 64.7 Å². The van der Waals surface area contributed by atoms with E-state index in [1.54, 1.807) is 0 Å². The molecule has 3 aromatic rings. The molecule has 0 saturated carbocycles. The molecular weight excluding hydrogens is 456 g/mol. The number of unbranched alkanes of at least 4 members (excludes halogenated alkanes) is 7. The Labute approximate surface area is 219 Å². The fourth-order valence-corrected chi connectivity index (χ4v) is 4.95. The smallest absolute Gasteiger partial charge is 0.0691 e. The lowest BCUT2D eigenvalue weighted by Crippen LogP contribution is -2.02. The number of nitrogens with zero attached hydrogens (tertiary/aromatic N) is 2. The molecule has 0 atom stereocenters. The van der Waals surface area contributed by atoms with Crippen molar-refractivity contribution in [1.29, 1.82) is 0 Å². The summed E-state index contributed by atoms with van der Waals surface area (Å²) in [4.78, 5) is 16.7. The van der Waals surface area contributed by atoms with Crippen LogP contribution in [0.3, 0.4) is 0 Å². The minimum Gasteiger partial charge on any atom is -0.381 e. The summed E-state index contributed by atoms with van der Waals surface area (Å²) in [5, 5.41) is 0. The molecule has 8 bridgehead atoms. The van der Waals surface area contributed by atoms with E-state index in [4.69, 9.17) is 14.7 Å². The molecule has 5 rings (SSSR count). The van der Waals surface area contributed by atoms with Crippen molar-refractivity contribution in [3.05, 3.63) is 70.8 Å². The van der Waals surface area contributed by atoms with Crippen molar-refractivity contribution >= 4 is 46.4 Å². The molecule has 0 unspecified atom stereocenters. The topological polar surface area (TPSA) is 66.6 Å². The number of aromatic nitrogens is 4. The van der Waals surface area contributed by atoms with E-state index in [0.29, 0.717) is 6.61 Å². The molecule has 0 aliphatic carbocycles. The number of nitrogens with one attached hydrogen (secondary N) is 2. The highest BCUT2D eigenvalue weighted by Crippen LogP contribution is 2.22. The Kier molecular flexibility index (Phi) is 8.65. The molecule has 3 aromatic heterocycles. The van der Waals surface area contributed by atoms with Gasteiger partial charge in [-0.3, -0.25) is 0 Å². The number of rotatable bonds is 12. The van der Waals surface area contributed by atoms with Crippen molar-refractivity contribution in [3.63, 3.8) is 0 Å². The maximum atomic E-state index is 6.06. The van der Waals surface area contributed by atoms with E-state index in [2.05, 4.69) is 65.4 Å². The predicted molar refractivity (Wildman–Crippen MR) is 156 cm³/mol. The van der Waals surface area contributed by atoms with E-state index in [1.165, 1.54) is 50.5 Å². The fourth-order valence-electron chi connectivity index (χ4n) is 4.95. The van der Waals surface area contributed by atoms with Crippen molar-refractivity contribution < 1.29 is 4.74 Å². The zero-order valence-corrected chi connectivity index (χ0v) is 21.9. The first-order chi connectivity index (χ1) is 18.3. The SMILES string of the molecule is CCCCCCCCCCOCCc1c2nc(cc3nc(cc4ccc(cc5ccc1[nH]5)[nH]4)C=C3)C=C2. The summed E-state index contributed by atoms with van der Waals surface area (Å²) in [5.41, 5.74) is 9.16. The number of ether oxygens (including phenoxy) is 1. The van der Waals surface area contributed by atoms with Gasteiger partial charge in [0.2, 0.25) is 0 Å². The van der Waals surface area contributed by atoms with Crippen LogP contribution >= 0.6 is 0 Å². The van der Waals surface area contributed by atoms with Crippen molar-refractivity contribution in [2.24, 2.45) is 0 Å². The molecule has 0 spiro atoms. The molecule has 2 N–H and O–H groups in total. The summed E-state index contributed by atoms with van der Waals surface area (Å²) in [6.45, 7) is 3.79. The van der Waals surface area contributed by atoms with Gasteiger partial charge in [-0.25, -0.2) is 9.97 Å². The van der Waals surface area contributed by atoms with Crippen LogP contribution in [-0.2, 0) is 11.2 Å². The summed E-state index contributed by atoms with van der Waals surface area (Å²) in [7, 11) is 0. The number of aromatic amines is 2. The highest BCUT2D eigenvalue weighted by molar-refractivity contribution is 5.79. The van der Waals surface area contributed by atoms with E-state index in [-0.39, 0.29) is 0 Å². The van der Waals surface area contributed by atoms with E-state index in [0.717, 1.165) is 64.3 Å². The van der Waals surface area contributed by atoms with Gasteiger partial charge in [-0.1, -0.05) is 51.9 Å². The summed E-state index contributed by atoms with van der Waals surface area (Å²) in [5.74, 6) is 0. The van der Waals surface area contributed by atoms with Crippen molar-refractivity contribution in [3.8, 4) is 0 Å². The molecule has 2 aliphatic rings. The van der Waals surface area contributed by atoms with Crippen LogP contribution in [0.25, 0.3) is 46.4 Å². The van der Waals surface area contributed by atoms with Crippen LogP contribution in [0.5, 0.6) is 0 Å². The molecule has 0 radical (unpaired) electrons. The monoisotopic (exact) mass is 494 g/mol. The van der Waals surface area contributed by atoms with Gasteiger partial charge in [0.05, 0.1) is 29.4 Å². The summed E-state index contributed by atoms with van der Waals surface area (Å²) in [6, 6.07) is 14.7. The fraction of sp³-hybridized carbons (Fsp3) is 0.375. The largest absolute Gasteiger partial charge is 0.381 e. The summed E-state index contributed by atoms with van der Waals surface area (Å²) >= 11 is 0. The number of hydrogen-bond donors (Lipinski definition) is 2. The standard InChI is InChI=1S/C32H38N4O/c1-2-3-4-5-6-7-8-9-19-37-20-18-30-31-16-14-28(35-31)22-26-12-10-24(33-26)21-25-11-13-27(34-25)23-29-15-17-32(30)36-29/h10-17,21-23,33,35H,2-9,18-20H2,1H3. The normalized spacial score (nSPS) is 12.5. The third-order valence-corrected chi connectivity index (χ3v) is 6.97. The number of hydrogen-bond acceptors (Lipinski definition) is 3. The summed E-state index contributed by atoms with van der Waals surface area (Å²) < 4.78 is 6.06. The quantitative estimate of drug-likeness (QED) is 0.171.